The Balaban J connectivity index is 2.20. The van der Waals surface area contributed by atoms with Crippen LogP contribution in [0, 0.1) is 10.8 Å². The van der Waals surface area contributed by atoms with E-state index in [0.717, 1.165) is 18.6 Å². The van der Waals surface area contributed by atoms with E-state index in [1.807, 2.05) is 0 Å². The average molecular weight is 243 g/mol. The Morgan fingerprint density at radius 3 is 2.28 bits per heavy atom. The maximum absolute atomic E-state index is 9.33. The van der Waals surface area contributed by atoms with Crippen LogP contribution in [0.25, 0.3) is 0 Å². The largest absolute Gasteiger partial charge is 0.411 e. The van der Waals surface area contributed by atoms with Gasteiger partial charge in [-0.05, 0) is 30.2 Å². The molecule has 0 spiro atoms. The molecular formula is C16H21NO. The number of hydrogen-bond donors (Lipinski definition) is 1. The van der Waals surface area contributed by atoms with Crippen molar-refractivity contribution in [1.82, 2.24) is 0 Å². The van der Waals surface area contributed by atoms with Crippen LogP contribution in [0.2, 0.25) is 0 Å². The summed E-state index contributed by atoms with van der Waals surface area (Å²) >= 11 is 0. The van der Waals surface area contributed by atoms with E-state index in [9.17, 15) is 5.21 Å². The highest BCUT2D eigenvalue weighted by atomic mass is 16.4. The van der Waals surface area contributed by atoms with Crippen LogP contribution < -0.4 is 0 Å². The maximum atomic E-state index is 9.33. The fraction of sp³-hybridized carbons (Fsp3) is 0.562. The molecule has 2 fully saturated rings. The summed E-state index contributed by atoms with van der Waals surface area (Å²) in [6.45, 7) is 6.94. The predicted octanol–water partition coefficient (Wildman–Crippen LogP) is 3.98. The molecule has 0 amide bonds. The van der Waals surface area contributed by atoms with Gasteiger partial charge in [-0.2, -0.15) is 0 Å². The summed E-state index contributed by atoms with van der Waals surface area (Å²) < 4.78 is 0. The van der Waals surface area contributed by atoms with Gasteiger partial charge in [-0.25, -0.2) is 0 Å². The third kappa shape index (κ3) is 1.07. The van der Waals surface area contributed by atoms with Gasteiger partial charge in [-0.3, -0.25) is 0 Å². The van der Waals surface area contributed by atoms with E-state index < -0.39 is 0 Å². The smallest absolute Gasteiger partial charge is 0.0644 e. The van der Waals surface area contributed by atoms with Gasteiger partial charge in [-0.15, -0.1) is 0 Å². The molecule has 1 aromatic carbocycles. The second-order valence-electron chi connectivity index (χ2n) is 6.63. The molecule has 18 heavy (non-hydrogen) atoms. The van der Waals surface area contributed by atoms with Crippen molar-refractivity contribution in [3.05, 3.63) is 35.9 Å². The lowest BCUT2D eigenvalue weighted by Gasteiger charge is -2.41. The van der Waals surface area contributed by atoms with E-state index in [2.05, 4.69) is 56.3 Å². The fourth-order valence-electron chi connectivity index (χ4n) is 4.42. The standard InChI is InChI=1S/C16H21NO/c1-14(2)15(3)9-10-16(14,11-13(15)17-18)12-7-5-4-6-8-12/h4-8,18H,9-11H2,1-3H3/b17-13+. The zero-order valence-electron chi connectivity index (χ0n) is 11.4. The predicted molar refractivity (Wildman–Crippen MR) is 73.1 cm³/mol. The van der Waals surface area contributed by atoms with E-state index >= 15 is 0 Å². The van der Waals surface area contributed by atoms with Crippen LogP contribution in [0.15, 0.2) is 35.5 Å². The number of benzene rings is 1. The molecular weight excluding hydrogens is 222 g/mol. The molecule has 2 nitrogen and oxygen atoms in total. The van der Waals surface area contributed by atoms with Gasteiger partial charge in [0.25, 0.3) is 0 Å². The summed E-state index contributed by atoms with van der Waals surface area (Å²) in [5.41, 5.74) is 2.71. The van der Waals surface area contributed by atoms with Gasteiger partial charge >= 0.3 is 0 Å². The first-order chi connectivity index (χ1) is 8.48. The van der Waals surface area contributed by atoms with Crippen molar-refractivity contribution in [2.45, 2.75) is 45.4 Å². The Bertz CT molecular complexity index is 505. The zero-order valence-corrected chi connectivity index (χ0v) is 11.4. The van der Waals surface area contributed by atoms with Crippen LogP contribution in [0.3, 0.4) is 0 Å². The molecule has 0 radical (unpaired) electrons. The second kappa shape index (κ2) is 3.37. The minimum atomic E-state index is 0.0393. The van der Waals surface area contributed by atoms with Crippen molar-refractivity contribution in [2.24, 2.45) is 16.0 Å². The minimum Gasteiger partial charge on any atom is -0.411 e. The van der Waals surface area contributed by atoms with Crippen molar-refractivity contribution in [1.29, 1.82) is 0 Å². The van der Waals surface area contributed by atoms with Gasteiger partial charge in [0.2, 0.25) is 0 Å². The molecule has 2 unspecified atom stereocenters. The lowest BCUT2D eigenvalue weighted by molar-refractivity contribution is 0.159. The van der Waals surface area contributed by atoms with Crippen molar-refractivity contribution in [2.75, 3.05) is 0 Å². The minimum absolute atomic E-state index is 0.0393. The molecule has 1 aromatic rings. The fourth-order valence-corrected chi connectivity index (χ4v) is 4.42. The summed E-state index contributed by atoms with van der Waals surface area (Å²) in [6.07, 6.45) is 3.21. The third-order valence-electron chi connectivity index (χ3n) is 6.18. The summed E-state index contributed by atoms with van der Waals surface area (Å²) in [6, 6.07) is 10.8. The number of oxime groups is 1. The summed E-state index contributed by atoms with van der Waals surface area (Å²) in [5, 5.41) is 13.0. The number of hydrogen-bond acceptors (Lipinski definition) is 2. The zero-order chi connectivity index (χ0) is 13.0. The van der Waals surface area contributed by atoms with Gasteiger partial charge in [-0.1, -0.05) is 56.3 Å². The van der Waals surface area contributed by atoms with Gasteiger partial charge < -0.3 is 5.21 Å². The molecule has 2 atom stereocenters. The summed E-state index contributed by atoms with van der Waals surface area (Å²) in [4.78, 5) is 0. The molecule has 0 aromatic heterocycles. The van der Waals surface area contributed by atoms with Crippen molar-refractivity contribution < 1.29 is 5.21 Å². The van der Waals surface area contributed by atoms with E-state index in [0.29, 0.717) is 0 Å². The Labute approximate surface area is 109 Å². The van der Waals surface area contributed by atoms with E-state index in [1.165, 1.54) is 12.0 Å². The Morgan fingerprint density at radius 2 is 1.72 bits per heavy atom. The Morgan fingerprint density at radius 1 is 1.06 bits per heavy atom. The average Bonchev–Trinajstić information content (AvgIpc) is 2.69. The van der Waals surface area contributed by atoms with Crippen molar-refractivity contribution in [3.63, 3.8) is 0 Å². The van der Waals surface area contributed by atoms with E-state index in [1.54, 1.807) is 0 Å². The summed E-state index contributed by atoms with van der Waals surface area (Å²) in [5.74, 6) is 0. The van der Waals surface area contributed by atoms with Crippen LogP contribution in [0.1, 0.15) is 45.6 Å². The van der Waals surface area contributed by atoms with Crippen LogP contribution in [-0.2, 0) is 5.41 Å². The lowest BCUT2D eigenvalue weighted by atomic mass is 9.62. The molecule has 96 valence electrons. The molecule has 0 heterocycles. The lowest BCUT2D eigenvalue weighted by Crippen LogP contribution is -2.38. The van der Waals surface area contributed by atoms with Gasteiger partial charge in [0.1, 0.15) is 0 Å². The topological polar surface area (TPSA) is 32.6 Å². The Kier molecular flexibility index (Phi) is 2.20. The molecule has 2 saturated carbocycles. The van der Waals surface area contributed by atoms with Crippen molar-refractivity contribution >= 4 is 5.71 Å². The first-order valence-electron chi connectivity index (χ1n) is 6.75. The van der Waals surface area contributed by atoms with E-state index in [-0.39, 0.29) is 16.2 Å². The van der Waals surface area contributed by atoms with Gasteiger partial charge in [0.05, 0.1) is 5.71 Å². The SMILES string of the molecule is CC12CCC(c3ccccc3)(C/C1=N\O)C2(C)C. The number of fused-ring (bicyclic) bond motifs is 2. The van der Waals surface area contributed by atoms with Crippen LogP contribution in [0.5, 0.6) is 0 Å². The molecule has 1 N–H and O–H groups in total. The molecule has 0 saturated heterocycles. The molecule has 3 rings (SSSR count). The maximum Gasteiger partial charge on any atom is 0.0644 e. The molecule has 2 aliphatic carbocycles. The summed E-state index contributed by atoms with van der Waals surface area (Å²) in [7, 11) is 0. The third-order valence-corrected chi connectivity index (χ3v) is 6.18. The first kappa shape index (κ1) is 11.8. The first-order valence-corrected chi connectivity index (χ1v) is 6.75. The highest BCUT2D eigenvalue weighted by molar-refractivity contribution is 5.96. The quantitative estimate of drug-likeness (QED) is 0.587. The number of nitrogens with zero attached hydrogens (tertiary/aromatic N) is 1. The Hall–Kier alpha value is -1.31. The number of rotatable bonds is 1. The van der Waals surface area contributed by atoms with Crippen LogP contribution in [0.4, 0.5) is 0 Å². The van der Waals surface area contributed by atoms with Gasteiger partial charge in [0.15, 0.2) is 0 Å². The van der Waals surface area contributed by atoms with E-state index in [4.69, 9.17) is 0 Å². The molecule has 2 aliphatic rings. The highest BCUT2D eigenvalue weighted by Gasteiger charge is 2.68. The van der Waals surface area contributed by atoms with Crippen molar-refractivity contribution in [3.8, 4) is 0 Å². The molecule has 2 heteroatoms. The molecule has 2 bridgehead atoms. The van der Waals surface area contributed by atoms with Crippen LogP contribution in [-0.4, -0.2) is 10.9 Å². The molecule has 0 aliphatic heterocycles. The van der Waals surface area contributed by atoms with Crippen LogP contribution >= 0.6 is 0 Å². The normalized spacial score (nSPS) is 39.4. The second-order valence-corrected chi connectivity index (χ2v) is 6.63. The highest BCUT2D eigenvalue weighted by Crippen LogP contribution is 2.71. The van der Waals surface area contributed by atoms with Gasteiger partial charge in [0, 0.05) is 10.8 Å². The monoisotopic (exact) mass is 243 g/mol.